The lowest BCUT2D eigenvalue weighted by atomic mass is 10.4. The van der Waals surface area contributed by atoms with Crippen LogP contribution in [-0.2, 0) is 9.53 Å². The molecular weight excluding hydrogens is 182 g/mol. The van der Waals surface area contributed by atoms with Gasteiger partial charge >= 0.3 is 0 Å². The first kappa shape index (κ1) is 10.5. The summed E-state index contributed by atoms with van der Waals surface area (Å²) in [5, 5.41) is 3.10. The molecule has 0 radical (unpaired) electrons. The van der Waals surface area contributed by atoms with E-state index in [0.29, 0.717) is 13.2 Å². The summed E-state index contributed by atoms with van der Waals surface area (Å²) in [5.41, 5.74) is 5.87. The molecule has 5 nitrogen and oxygen atoms in total. The molecule has 3 N–H and O–H groups in total. The molecule has 0 fully saturated rings. The summed E-state index contributed by atoms with van der Waals surface area (Å²) in [6, 6.07) is 3.71. The van der Waals surface area contributed by atoms with E-state index in [-0.39, 0.29) is 6.61 Å². The van der Waals surface area contributed by atoms with E-state index in [4.69, 9.17) is 10.5 Å². The van der Waals surface area contributed by atoms with E-state index in [0.717, 1.165) is 5.69 Å². The topological polar surface area (TPSA) is 77.2 Å². The van der Waals surface area contributed by atoms with E-state index in [2.05, 4.69) is 10.3 Å². The van der Waals surface area contributed by atoms with Crippen molar-refractivity contribution in [1.82, 2.24) is 4.98 Å². The van der Waals surface area contributed by atoms with Gasteiger partial charge < -0.3 is 15.8 Å². The van der Waals surface area contributed by atoms with Crippen molar-refractivity contribution in [1.29, 1.82) is 0 Å². The lowest BCUT2D eigenvalue weighted by molar-refractivity contribution is -0.122. The highest BCUT2D eigenvalue weighted by Crippen LogP contribution is 2.01. The van der Waals surface area contributed by atoms with Crippen molar-refractivity contribution in [2.24, 2.45) is 5.73 Å². The number of aromatic nitrogens is 1. The molecule has 5 heteroatoms. The molecule has 0 aromatic carbocycles. The second kappa shape index (κ2) is 5.93. The van der Waals surface area contributed by atoms with Crippen LogP contribution in [0.2, 0.25) is 0 Å². The molecule has 0 aliphatic heterocycles. The fourth-order valence-corrected chi connectivity index (χ4v) is 0.910. The number of rotatable bonds is 6. The van der Waals surface area contributed by atoms with E-state index in [9.17, 15) is 4.79 Å². The number of ether oxygens (including phenoxy) is 1. The predicted octanol–water partition coefficient (Wildman–Crippen LogP) is -0.00460. The Labute approximate surface area is 82.3 Å². The summed E-state index contributed by atoms with van der Waals surface area (Å²) in [6.07, 6.45) is 3.40. The number of nitrogens with zero attached hydrogens (tertiary/aromatic N) is 1. The molecule has 1 heterocycles. The van der Waals surface area contributed by atoms with Gasteiger partial charge in [0.2, 0.25) is 5.91 Å². The number of carbonyl (C=O) groups excluding carboxylic acids is 1. The second-order valence-electron chi connectivity index (χ2n) is 2.68. The quantitative estimate of drug-likeness (QED) is 0.626. The fourth-order valence-electron chi connectivity index (χ4n) is 0.910. The zero-order valence-corrected chi connectivity index (χ0v) is 7.77. The maximum Gasteiger partial charge on any atom is 0.243 e. The van der Waals surface area contributed by atoms with Gasteiger partial charge in [-0.3, -0.25) is 9.78 Å². The molecule has 1 amide bonds. The van der Waals surface area contributed by atoms with Crippen LogP contribution in [0.4, 0.5) is 5.69 Å². The Hall–Kier alpha value is -1.62. The van der Waals surface area contributed by atoms with E-state index >= 15 is 0 Å². The molecule has 0 saturated carbocycles. The van der Waals surface area contributed by atoms with Gasteiger partial charge in [-0.05, 0) is 12.1 Å². The lowest BCUT2D eigenvalue weighted by Crippen LogP contribution is -2.20. The molecule has 0 aliphatic carbocycles. The molecule has 14 heavy (non-hydrogen) atoms. The Bertz CT molecular complexity index is 277. The summed E-state index contributed by atoms with van der Waals surface area (Å²) in [4.78, 5) is 14.2. The first-order valence-electron chi connectivity index (χ1n) is 4.29. The highest BCUT2D eigenvalue weighted by Gasteiger charge is 1.93. The number of amides is 1. The van der Waals surface area contributed by atoms with Gasteiger partial charge in [0.25, 0.3) is 0 Å². The number of anilines is 1. The van der Waals surface area contributed by atoms with Crippen LogP contribution < -0.4 is 11.1 Å². The molecule has 1 aromatic rings. The number of hydrogen-bond acceptors (Lipinski definition) is 4. The Morgan fingerprint density at radius 2 is 2.21 bits per heavy atom. The van der Waals surface area contributed by atoms with Gasteiger partial charge in [0, 0.05) is 24.6 Å². The van der Waals surface area contributed by atoms with Crippen LogP contribution in [-0.4, -0.2) is 30.6 Å². The first-order chi connectivity index (χ1) is 6.79. The van der Waals surface area contributed by atoms with Crippen LogP contribution in [0.15, 0.2) is 24.5 Å². The Morgan fingerprint density at radius 3 is 2.86 bits per heavy atom. The third-order valence-corrected chi connectivity index (χ3v) is 1.50. The molecule has 1 rings (SSSR count). The lowest BCUT2D eigenvalue weighted by Gasteiger charge is -2.05. The monoisotopic (exact) mass is 195 g/mol. The maximum absolute atomic E-state index is 10.3. The van der Waals surface area contributed by atoms with E-state index in [1.807, 2.05) is 12.1 Å². The van der Waals surface area contributed by atoms with Crippen molar-refractivity contribution in [3.8, 4) is 0 Å². The van der Waals surface area contributed by atoms with E-state index < -0.39 is 5.91 Å². The minimum Gasteiger partial charge on any atom is -0.383 e. The number of hydrogen-bond donors (Lipinski definition) is 2. The average Bonchev–Trinajstić information content (AvgIpc) is 2.18. The molecule has 0 saturated heterocycles. The van der Waals surface area contributed by atoms with Crippen molar-refractivity contribution in [2.45, 2.75) is 0 Å². The van der Waals surface area contributed by atoms with E-state index in [1.165, 1.54) is 0 Å². The number of pyridine rings is 1. The number of carbonyl (C=O) groups is 1. The number of nitrogens with two attached hydrogens (primary N) is 1. The number of nitrogens with one attached hydrogen (secondary N) is 1. The van der Waals surface area contributed by atoms with Crippen molar-refractivity contribution in [2.75, 3.05) is 25.1 Å². The van der Waals surface area contributed by atoms with Gasteiger partial charge in [0.05, 0.1) is 6.61 Å². The molecule has 0 aliphatic rings. The standard InChI is InChI=1S/C9H13N3O2/c10-9(13)7-14-6-5-12-8-1-3-11-4-2-8/h1-4H,5-7H2,(H2,10,13)(H,11,12). The smallest absolute Gasteiger partial charge is 0.243 e. The van der Waals surface area contributed by atoms with Gasteiger partial charge in [-0.15, -0.1) is 0 Å². The molecule has 76 valence electrons. The SMILES string of the molecule is NC(=O)COCCNc1ccncc1. The Kier molecular flexibility index (Phi) is 4.43. The molecule has 0 unspecified atom stereocenters. The predicted molar refractivity (Wildman–Crippen MR) is 52.7 cm³/mol. The second-order valence-corrected chi connectivity index (χ2v) is 2.68. The molecule has 1 aromatic heterocycles. The highest BCUT2D eigenvalue weighted by atomic mass is 16.5. The maximum atomic E-state index is 10.3. The van der Waals surface area contributed by atoms with Crippen LogP contribution in [0.3, 0.4) is 0 Å². The third-order valence-electron chi connectivity index (χ3n) is 1.50. The summed E-state index contributed by atoms with van der Waals surface area (Å²) < 4.78 is 4.96. The first-order valence-corrected chi connectivity index (χ1v) is 4.29. The van der Waals surface area contributed by atoms with Crippen LogP contribution in [0, 0.1) is 0 Å². The van der Waals surface area contributed by atoms with Crippen LogP contribution in [0.25, 0.3) is 0 Å². The third kappa shape index (κ3) is 4.42. The minimum atomic E-state index is -0.450. The van der Waals surface area contributed by atoms with Gasteiger partial charge in [-0.25, -0.2) is 0 Å². The minimum absolute atomic E-state index is 0.0297. The average molecular weight is 195 g/mol. The fraction of sp³-hybridized carbons (Fsp3) is 0.333. The van der Waals surface area contributed by atoms with Crippen LogP contribution in [0.5, 0.6) is 0 Å². The van der Waals surface area contributed by atoms with Crippen molar-refractivity contribution >= 4 is 11.6 Å². The summed E-state index contributed by atoms with van der Waals surface area (Å²) in [6.45, 7) is 1.06. The Morgan fingerprint density at radius 1 is 1.50 bits per heavy atom. The molecular formula is C9H13N3O2. The van der Waals surface area contributed by atoms with Gasteiger partial charge in [0.15, 0.2) is 0 Å². The molecule has 0 spiro atoms. The molecule has 0 bridgehead atoms. The van der Waals surface area contributed by atoms with E-state index in [1.54, 1.807) is 12.4 Å². The van der Waals surface area contributed by atoms with Crippen molar-refractivity contribution in [3.05, 3.63) is 24.5 Å². The van der Waals surface area contributed by atoms with Crippen LogP contribution >= 0.6 is 0 Å². The van der Waals surface area contributed by atoms with Crippen molar-refractivity contribution < 1.29 is 9.53 Å². The van der Waals surface area contributed by atoms with Gasteiger partial charge in [-0.2, -0.15) is 0 Å². The normalized spacial score (nSPS) is 9.71. The number of primary amides is 1. The summed E-state index contributed by atoms with van der Waals surface area (Å²) in [7, 11) is 0. The highest BCUT2D eigenvalue weighted by molar-refractivity contribution is 5.74. The molecule has 0 atom stereocenters. The van der Waals surface area contributed by atoms with Gasteiger partial charge in [0.1, 0.15) is 6.61 Å². The zero-order chi connectivity index (χ0) is 10.2. The Balaban J connectivity index is 2.08. The van der Waals surface area contributed by atoms with Gasteiger partial charge in [-0.1, -0.05) is 0 Å². The summed E-state index contributed by atoms with van der Waals surface area (Å²) in [5.74, 6) is -0.450. The largest absolute Gasteiger partial charge is 0.383 e. The summed E-state index contributed by atoms with van der Waals surface area (Å²) >= 11 is 0. The zero-order valence-electron chi connectivity index (χ0n) is 7.77. The van der Waals surface area contributed by atoms with Crippen LogP contribution in [0.1, 0.15) is 0 Å². The van der Waals surface area contributed by atoms with Crippen molar-refractivity contribution in [3.63, 3.8) is 0 Å².